The molecular weight excluding hydrogens is 282 g/mol. The van der Waals surface area contributed by atoms with Crippen molar-refractivity contribution in [1.29, 1.82) is 0 Å². The summed E-state index contributed by atoms with van der Waals surface area (Å²) >= 11 is 1.68. The second-order valence-corrected chi connectivity index (χ2v) is 6.12. The number of pyridine rings is 1. The molecule has 0 amide bonds. The smallest absolute Gasteiger partial charge is 0.194 e. The van der Waals surface area contributed by atoms with E-state index >= 15 is 0 Å². The van der Waals surface area contributed by atoms with Crippen molar-refractivity contribution in [3.63, 3.8) is 0 Å². The van der Waals surface area contributed by atoms with Crippen molar-refractivity contribution >= 4 is 27.7 Å². The van der Waals surface area contributed by atoms with Crippen molar-refractivity contribution in [1.82, 2.24) is 14.4 Å². The van der Waals surface area contributed by atoms with Gasteiger partial charge in [-0.05, 0) is 19.9 Å². The number of anilines is 2. The van der Waals surface area contributed by atoms with Gasteiger partial charge in [0, 0.05) is 31.4 Å². The van der Waals surface area contributed by atoms with Crippen molar-refractivity contribution in [3.05, 3.63) is 40.9 Å². The molecule has 3 rings (SSSR count). The lowest BCUT2D eigenvalue weighted by molar-refractivity contribution is 0.962. The van der Waals surface area contributed by atoms with Gasteiger partial charge in [0.2, 0.25) is 0 Å². The average molecular weight is 301 g/mol. The zero-order valence-electron chi connectivity index (χ0n) is 12.7. The second-order valence-electron chi connectivity index (χ2n) is 5.28. The molecule has 5 nitrogen and oxygen atoms in total. The van der Waals surface area contributed by atoms with Gasteiger partial charge in [-0.2, -0.15) is 0 Å². The van der Waals surface area contributed by atoms with Gasteiger partial charge in [0.1, 0.15) is 0 Å². The van der Waals surface area contributed by atoms with Crippen LogP contribution in [0.3, 0.4) is 0 Å². The molecule has 0 radical (unpaired) electrons. The Morgan fingerprint density at radius 1 is 1.33 bits per heavy atom. The molecule has 0 spiro atoms. The van der Waals surface area contributed by atoms with Crippen LogP contribution in [0, 0.1) is 13.8 Å². The molecule has 0 atom stereocenters. The lowest BCUT2D eigenvalue weighted by atomic mass is 10.3. The largest absolute Gasteiger partial charge is 0.376 e. The number of thiazole rings is 1. The number of fused-ring (bicyclic) bond motifs is 1. The summed E-state index contributed by atoms with van der Waals surface area (Å²) in [6.45, 7) is 4.91. The number of imidazole rings is 1. The summed E-state index contributed by atoms with van der Waals surface area (Å²) in [6, 6.07) is 2.01. The Labute approximate surface area is 128 Å². The fourth-order valence-electron chi connectivity index (χ4n) is 2.47. The summed E-state index contributed by atoms with van der Waals surface area (Å²) in [5, 5.41) is 5.63. The van der Waals surface area contributed by atoms with Crippen LogP contribution in [-0.4, -0.2) is 28.5 Å². The molecule has 110 valence electrons. The minimum absolute atomic E-state index is 0.733. The van der Waals surface area contributed by atoms with Crippen molar-refractivity contribution < 1.29 is 0 Å². The average Bonchev–Trinajstić information content (AvgIpc) is 2.96. The molecule has 3 aromatic heterocycles. The normalized spacial score (nSPS) is 11.0. The van der Waals surface area contributed by atoms with Gasteiger partial charge in [-0.15, -0.1) is 11.3 Å². The molecule has 0 fully saturated rings. The first-order valence-electron chi connectivity index (χ1n) is 6.85. The van der Waals surface area contributed by atoms with E-state index in [4.69, 9.17) is 0 Å². The van der Waals surface area contributed by atoms with Gasteiger partial charge in [-0.3, -0.25) is 9.38 Å². The fraction of sp³-hybridized carbons (Fsp3) is 0.333. The Kier molecular flexibility index (Phi) is 3.55. The van der Waals surface area contributed by atoms with Gasteiger partial charge in [0.05, 0.1) is 35.5 Å². The van der Waals surface area contributed by atoms with Gasteiger partial charge in [-0.1, -0.05) is 0 Å². The van der Waals surface area contributed by atoms with Crippen LogP contribution >= 0.6 is 11.3 Å². The number of nitrogens with zero attached hydrogens (tertiary/aromatic N) is 4. The predicted molar refractivity (Wildman–Crippen MR) is 88.4 cm³/mol. The van der Waals surface area contributed by atoms with E-state index in [0.29, 0.717) is 0 Å². The highest BCUT2D eigenvalue weighted by Gasteiger charge is 2.12. The van der Waals surface area contributed by atoms with Gasteiger partial charge in [0.15, 0.2) is 4.96 Å². The molecule has 6 heteroatoms. The number of hydrogen-bond acceptors (Lipinski definition) is 5. The van der Waals surface area contributed by atoms with Crippen LogP contribution in [0.4, 0.5) is 11.4 Å². The summed E-state index contributed by atoms with van der Waals surface area (Å²) in [5.41, 5.74) is 5.67. The van der Waals surface area contributed by atoms with E-state index < -0.39 is 0 Å². The Hall–Kier alpha value is -2.08. The van der Waals surface area contributed by atoms with E-state index in [9.17, 15) is 0 Å². The lowest BCUT2D eigenvalue weighted by Crippen LogP contribution is -2.13. The minimum atomic E-state index is 0.733. The molecule has 0 aromatic carbocycles. The van der Waals surface area contributed by atoms with E-state index in [1.165, 1.54) is 11.4 Å². The molecule has 0 aliphatic carbocycles. The molecule has 1 N–H and O–H groups in total. The first-order valence-corrected chi connectivity index (χ1v) is 7.73. The maximum atomic E-state index is 4.62. The van der Waals surface area contributed by atoms with Crippen molar-refractivity contribution in [2.24, 2.45) is 0 Å². The van der Waals surface area contributed by atoms with Crippen molar-refractivity contribution in [2.45, 2.75) is 20.4 Å². The standard InChI is InChI=1S/C15H19N5S/c1-10-9-21-15-18-11(2)14(20(10)15)8-17-12-7-16-6-5-13(12)19(3)4/h5-7,9,17H,8H2,1-4H3. The summed E-state index contributed by atoms with van der Waals surface area (Å²) < 4.78 is 2.22. The maximum Gasteiger partial charge on any atom is 0.194 e. The predicted octanol–water partition coefficient (Wildman–Crippen LogP) is 3.09. The molecule has 0 bridgehead atoms. The van der Waals surface area contributed by atoms with Crippen LogP contribution in [0.2, 0.25) is 0 Å². The quantitative estimate of drug-likeness (QED) is 0.804. The fourth-order valence-corrected chi connectivity index (χ4v) is 3.40. The lowest BCUT2D eigenvalue weighted by Gasteiger charge is -2.18. The molecule has 3 heterocycles. The van der Waals surface area contributed by atoms with E-state index in [0.717, 1.165) is 28.6 Å². The summed E-state index contributed by atoms with van der Waals surface area (Å²) in [4.78, 5) is 12.0. The highest BCUT2D eigenvalue weighted by atomic mass is 32.1. The molecule has 0 aliphatic rings. The molecule has 0 aliphatic heterocycles. The van der Waals surface area contributed by atoms with Crippen molar-refractivity contribution in [2.75, 3.05) is 24.3 Å². The topological polar surface area (TPSA) is 45.5 Å². The van der Waals surface area contributed by atoms with Crippen molar-refractivity contribution in [3.8, 4) is 0 Å². The number of hydrogen-bond donors (Lipinski definition) is 1. The molecule has 0 unspecified atom stereocenters. The van der Waals surface area contributed by atoms with Crippen LogP contribution in [0.15, 0.2) is 23.8 Å². The third-order valence-corrected chi connectivity index (χ3v) is 4.50. The number of aryl methyl sites for hydroxylation is 2. The Balaban J connectivity index is 1.90. The molecule has 3 aromatic rings. The Bertz CT molecular complexity index is 772. The van der Waals surface area contributed by atoms with Crippen LogP contribution in [-0.2, 0) is 6.54 Å². The number of nitrogens with one attached hydrogen (secondary N) is 1. The minimum Gasteiger partial charge on any atom is -0.376 e. The second kappa shape index (κ2) is 5.37. The van der Waals surface area contributed by atoms with E-state index in [2.05, 4.69) is 43.8 Å². The van der Waals surface area contributed by atoms with Gasteiger partial charge in [0.25, 0.3) is 0 Å². The van der Waals surface area contributed by atoms with Crippen LogP contribution in [0.1, 0.15) is 17.1 Å². The van der Waals surface area contributed by atoms with Crippen LogP contribution < -0.4 is 10.2 Å². The molecule has 0 saturated carbocycles. The Morgan fingerprint density at radius 2 is 2.14 bits per heavy atom. The maximum absolute atomic E-state index is 4.62. The monoisotopic (exact) mass is 301 g/mol. The van der Waals surface area contributed by atoms with E-state index in [1.54, 1.807) is 11.3 Å². The SMILES string of the molecule is Cc1nc2scc(C)n2c1CNc1cnccc1N(C)C. The van der Waals surface area contributed by atoms with E-state index in [-0.39, 0.29) is 0 Å². The first kappa shape index (κ1) is 13.9. The summed E-state index contributed by atoms with van der Waals surface area (Å²) in [7, 11) is 4.07. The summed E-state index contributed by atoms with van der Waals surface area (Å²) in [5.74, 6) is 0. The Morgan fingerprint density at radius 3 is 2.90 bits per heavy atom. The highest BCUT2D eigenvalue weighted by molar-refractivity contribution is 7.15. The van der Waals surface area contributed by atoms with Crippen LogP contribution in [0.25, 0.3) is 4.96 Å². The molecule has 0 saturated heterocycles. The van der Waals surface area contributed by atoms with Gasteiger partial charge >= 0.3 is 0 Å². The van der Waals surface area contributed by atoms with Gasteiger partial charge in [-0.25, -0.2) is 4.98 Å². The third-order valence-electron chi connectivity index (χ3n) is 3.56. The number of rotatable bonds is 4. The molecular formula is C15H19N5S. The molecule has 21 heavy (non-hydrogen) atoms. The summed E-state index contributed by atoms with van der Waals surface area (Å²) in [6.07, 6.45) is 3.68. The zero-order valence-corrected chi connectivity index (χ0v) is 13.5. The third kappa shape index (κ3) is 2.47. The van der Waals surface area contributed by atoms with Gasteiger partial charge < -0.3 is 10.2 Å². The van der Waals surface area contributed by atoms with E-state index in [1.807, 2.05) is 32.6 Å². The van der Waals surface area contributed by atoms with Crippen LogP contribution in [0.5, 0.6) is 0 Å². The first-order chi connectivity index (χ1) is 10.1. The zero-order chi connectivity index (χ0) is 15.0. The number of aromatic nitrogens is 3. The highest BCUT2D eigenvalue weighted by Crippen LogP contribution is 2.25.